The fourth-order valence-electron chi connectivity index (χ4n) is 4.01. The number of fused-ring (bicyclic) bond motifs is 1. The number of carbonyl (C=O) groups is 1. The Bertz CT molecular complexity index is 1000. The molecule has 0 atom stereocenters. The molecule has 1 N–H and O–H groups in total. The minimum Gasteiger partial charge on any atom is -0.494 e. The zero-order chi connectivity index (χ0) is 20.9. The van der Waals surface area contributed by atoms with E-state index in [1.807, 2.05) is 28.9 Å². The number of ether oxygens (including phenoxy) is 1. The van der Waals surface area contributed by atoms with E-state index < -0.39 is 0 Å². The lowest BCUT2D eigenvalue weighted by molar-refractivity contribution is 0.0927. The number of hydrogen-bond acceptors (Lipinski definition) is 4. The minimum absolute atomic E-state index is 0.0111. The summed E-state index contributed by atoms with van der Waals surface area (Å²) < 4.78 is 7.79. The van der Waals surface area contributed by atoms with E-state index in [1.165, 1.54) is 30.4 Å². The average molecular weight is 407 g/mol. The predicted molar refractivity (Wildman–Crippen MR) is 118 cm³/mol. The largest absolute Gasteiger partial charge is 0.494 e. The zero-order valence-corrected chi connectivity index (χ0v) is 17.9. The standard InChI is InChI=1S/C24H30N4O2/c1-17-15-22-23(16-18(17)2)28(27-26-22)13-6-14-30-21-11-9-19(10-12-21)24(29)25-20-7-4-3-5-8-20/h9-12,15-16,20H,3-8,13-14H2,1-2H3,(H,25,29). The molecule has 6 heteroatoms. The molecule has 30 heavy (non-hydrogen) atoms. The van der Waals surface area contributed by atoms with Gasteiger partial charge in [0.2, 0.25) is 0 Å². The molecule has 1 aliphatic rings. The second kappa shape index (κ2) is 9.28. The van der Waals surface area contributed by atoms with Crippen LogP contribution in [0.3, 0.4) is 0 Å². The zero-order valence-electron chi connectivity index (χ0n) is 17.9. The first-order valence-electron chi connectivity index (χ1n) is 10.9. The van der Waals surface area contributed by atoms with Gasteiger partial charge < -0.3 is 10.1 Å². The summed E-state index contributed by atoms with van der Waals surface area (Å²) in [5.41, 5.74) is 5.16. The normalized spacial score (nSPS) is 14.7. The van der Waals surface area contributed by atoms with Gasteiger partial charge in [0, 0.05) is 24.6 Å². The van der Waals surface area contributed by atoms with Crippen molar-refractivity contribution in [3.8, 4) is 5.75 Å². The average Bonchev–Trinajstić information content (AvgIpc) is 3.14. The van der Waals surface area contributed by atoms with Gasteiger partial charge in [0.05, 0.1) is 12.1 Å². The SMILES string of the molecule is Cc1cc2nnn(CCCOc3ccc(C(=O)NC4CCCCC4)cc3)c2cc1C. The third-order valence-electron chi connectivity index (χ3n) is 5.97. The van der Waals surface area contributed by atoms with E-state index in [1.54, 1.807) is 0 Å². The van der Waals surface area contributed by atoms with Crippen molar-refractivity contribution in [2.45, 2.75) is 65.0 Å². The first kappa shape index (κ1) is 20.4. The number of amides is 1. The lowest BCUT2D eigenvalue weighted by Crippen LogP contribution is -2.36. The van der Waals surface area contributed by atoms with Crippen LogP contribution in [0.1, 0.15) is 60.0 Å². The van der Waals surface area contributed by atoms with Gasteiger partial charge in [0.1, 0.15) is 11.3 Å². The van der Waals surface area contributed by atoms with E-state index in [0.717, 1.165) is 42.6 Å². The molecule has 6 nitrogen and oxygen atoms in total. The second-order valence-corrected chi connectivity index (χ2v) is 8.27. The number of carbonyl (C=O) groups excluding carboxylic acids is 1. The van der Waals surface area contributed by atoms with Crippen LogP contribution in [0, 0.1) is 13.8 Å². The molecule has 4 rings (SSSR count). The van der Waals surface area contributed by atoms with Crippen LogP contribution in [0.2, 0.25) is 0 Å². The van der Waals surface area contributed by atoms with E-state index in [0.29, 0.717) is 18.2 Å². The Morgan fingerprint density at radius 3 is 2.60 bits per heavy atom. The van der Waals surface area contributed by atoms with Gasteiger partial charge in [0.15, 0.2) is 0 Å². The van der Waals surface area contributed by atoms with Crippen molar-refractivity contribution in [1.82, 2.24) is 20.3 Å². The van der Waals surface area contributed by atoms with Crippen LogP contribution in [-0.4, -0.2) is 33.5 Å². The van der Waals surface area contributed by atoms with Crippen LogP contribution in [-0.2, 0) is 6.54 Å². The maximum Gasteiger partial charge on any atom is 0.251 e. The van der Waals surface area contributed by atoms with Gasteiger partial charge in [-0.15, -0.1) is 5.10 Å². The highest BCUT2D eigenvalue weighted by atomic mass is 16.5. The third-order valence-corrected chi connectivity index (χ3v) is 5.97. The quantitative estimate of drug-likeness (QED) is 0.583. The van der Waals surface area contributed by atoms with Gasteiger partial charge in [-0.3, -0.25) is 4.79 Å². The van der Waals surface area contributed by atoms with Crippen molar-refractivity contribution in [1.29, 1.82) is 0 Å². The first-order chi connectivity index (χ1) is 14.6. The number of benzene rings is 2. The third kappa shape index (κ3) is 4.81. The van der Waals surface area contributed by atoms with Gasteiger partial charge >= 0.3 is 0 Å². The van der Waals surface area contributed by atoms with Crippen LogP contribution >= 0.6 is 0 Å². The van der Waals surface area contributed by atoms with Crippen molar-refractivity contribution in [3.63, 3.8) is 0 Å². The number of aryl methyl sites for hydroxylation is 3. The lowest BCUT2D eigenvalue weighted by atomic mass is 9.95. The Labute approximate surface area is 177 Å². The highest BCUT2D eigenvalue weighted by molar-refractivity contribution is 5.94. The topological polar surface area (TPSA) is 69.0 Å². The first-order valence-corrected chi connectivity index (χ1v) is 10.9. The minimum atomic E-state index is 0.0111. The monoisotopic (exact) mass is 406 g/mol. The molecule has 1 aliphatic carbocycles. The smallest absolute Gasteiger partial charge is 0.251 e. The molecular formula is C24H30N4O2. The molecule has 1 saturated carbocycles. The second-order valence-electron chi connectivity index (χ2n) is 8.27. The van der Waals surface area contributed by atoms with Crippen molar-refractivity contribution in [3.05, 3.63) is 53.1 Å². The van der Waals surface area contributed by atoms with Crippen molar-refractivity contribution in [2.75, 3.05) is 6.61 Å². The van der Waals surface area contributed by atoms with Crippen LogP contribution in [0.4, 0.5) is 0 Å². The summed E-state index contributed by atoms with van der Waals surface area (Å²) in [6.07, 6.45) is 6.71. The Kier molecular flexibility index (Phi) is 6.31. The molecule has 158 valence electrons. The molecule has 0 radical (unpaired) electrons. The molecule has 0 spiro atoms. The summed E-state index contributed by atoms with van der Waals surface area (Å²) in [7, 11) is 0. The molecule has 0 unspecified atom stereocenters. The molecular weight excluding hydrogens is 376 g/mol. The van der Waals surface area contributed by atoms with Crippen molar-refractivity contribution < 1.29 is 9.53 Å². The van der Waals surface area contributed by atoms with E-state index >= 15 is 0 Å². The van der Waals surface area contributed by atoms with Crippen LogP contribution < -0.4 is 10.1 Å². The maximum absolute atomic E-state index is 12.4. The van der Waals surface area contributed by atoms with E-state index in [9.17, 15) is 4.79 Å². The summed E-state index contributed by atoms with van der Waals surface area (Å²) in [5, 5.41) is 11.7. The van der Waals surface area contributed by atoms with Gasteiger partial charge in [-0.25, -0.2) is 4.68 Å². The molecule has 0 bridgehead atoms. The molecule has 2 aromatic carbocycles. The molecule has 1 amide bonds. The number of rotatable bonds is 7. The number of nitrogens with zero attached hydrogens (tertiary/aromatic N) is 3. The molecule has 3 aromatic rings. The Balaban J connectivity index is 1.25. The molecule has 1 fully saturated rings. The van der Waals surface area contributed by atoms with Crippen LogP contribution in [0.5, 0.6) is 5.75 Å². The van der Waals surface area contributed by atoms with E-state index in [4.69, 9.17) is 4.74 Å². The predicted octanol–water partition coefficient (Wildman–Crippen LogP) is 4.58. The Hall–Kier alpha value is -2.89. The Morgan fingerprint density at radius 2 is 1.83 bits per heavy atom. The summed E-state index contributed by atoms with van der Waals surface area (Å²) >= 11 is 0. The van der Waals surface area contributed by atoms with E-state index in [2.05, 4.69) is 41.6 Å². The summed E-state index contributed by atoms with van der Waals surface area (Å²) in [4.78, 5) is 12.4. The molecule has 1 aromatic heterocycles. The summed E-state index contributed by atoms with van der Waals surface area (Å²) in [6, 6.07) is 12.0. The maximum atomic E-state index is 12.4. The highest BCUT2D eigenvalue weighted by Crippen LogP contribution is 2.19. The van der Waals surface area contributed by atoms with Crippen molar-refractivity contribution in [2.24, 2.45) is 0 Å². The van der Waals surface area contributed by atoms with Crippen LogP contribution in [0.25, 0.3) is 11.0 Å². The number of aromatic nitrogens is 3. The fraction of sp³-hybridized carbons (Fsp3) is 0.458. The molecule has 0 aliphatic heterocycles. The number of hydrogen-bond donors (Lipinski definition) is 1. The van der Waals surface area contributed by atoms with Crippen LogP contribution in [0.15, 0.2) is 36.4 Å². The molecule has 0 saturated heterocycles. The van der Waals surface area contributed by atoms with E-state index in [-0.39, 0.29) is 5.91 Å². The summed E-state index contributed by atoms with van der Waals surface area (Å²) in [6.45, 7) is 5.53. The van der Waals surface area contributed by atoms with Crippen molar-refractivity contribution >= 4 is 16.9 Å². The fourth-order valence-corrected chi connectivity index (χ4v) is 4.01. The lowest BCUT2D eigenvalue weighted by Gasteiger charge is -2.22. The van der Waals surface area contributed by atoms with Gasteiger partial charge in [-0.1, -0.05) is 24.5 Å². The Morgan fingerprint density at radius 1 is 1.10 bits per heavy atom. The van der Waals surface area contributed by atoms with Gasteiger partial charge in [0.25, 0.3) is 5.91 Å². The molecule has 1 heterocycles. The number of nitrogens with one attached hydrogen (secondary N) is 1. The van der Waals surface area contributed by atoms with Gasteiger partial charge in [-0.05, 0) is 74.2 Å². The van der Waals surface area contributed by atoms with Gasteiger partial charge in [-0.2, -0.15) is 0 Å². The summed E-state index contributed by atoms with van der Waals surface area (Å²) in [5.74, 6) is 0.788. The highest BCUT2D eigenvalue weighted by Gasteiger charge is 2.16.